The van der Waals surface area contributed by atoms with Gasteiger partial charge in [-0.3, -0.25) is 23.3 Å². The van der Waals surface area contributed by atoms with Crippen LogP contribution in [0.25, 0.3) is 250 Å². The number of para-hydroxylation sites is 14. The molecule has 0 amide bonds. The van der Waals surface area contributed by atoms with Crippen LogP contribution in [0, 0.1) is 0 Å². The van der Waals surface area contributed by atoms with E-state index in [0.717, 1.165) is 139 Å². The third-order valence-corrected chi connectivity index (χ3v) is 27.5. The summed E-state index contributed by atoms with van der Waals surface area (Å²) in [5.41, 5.74) is 28.4. The summed E-state index contributed by atoms with van der Waals surface area (Å²) in [4.78, 5) is 31.5. The number of benzene rings is 19. The molecule has 0 aliphatic heterocycles. The molecule has 0 aliphatic rings. The van der Waals surface area contributed by atoms with Crippen LogP contribution < -0.4 is 0 Å². The molecule has 13 nitrogen and oxygen atoms in total. The van der Waals surface area contributed by atoms with Crippen LogP contribution in [0.4, 0.5) is 0 Å². The Morgan fingerprint density at radius 2 is 0.374 bits per heavy atom. The minimum Gasteiger partial charge on any atom is -0.309 e. The first kappa shape index (κ1) is 79.7. The first-order valence-corrected chi connectivity index (χ1v) is 47.0. The van der Waals surface area contributed by atoms with Gasteiger partial charge in [0.05, 0.1) is 101 Å². The van der Waals surface area contributed by atoms with E-state index in [4.69, 9.17) is 29.9 Å². The molecule has 0 fully saturated rings. The Labute approximate surface area is 797 Å². The van der Waals surface area contributed by atoms with E-state index >= 15 is 0 Å². The number of nitrogens with zero attached hydrogens (tertiary/aromatic N) is 13. The van der Waals surface area contributed by atoms with Gasteiger partial charge in [-0.1, -0.05) is 328 Å². The summed E-state index contributed by atoms with van der Waals surface area (Å²) in [6.07, 6.45) is 1.98. The zero-order valence-corrected chi connectivity index (χ0v) is 75.1. The number of rotatable bonds is 12. The average molecular weight is 1780 g/mol. The van der Waals surface area contributed by atoms with E-state index in [1.165, 1.54) is 87.0 Å². The van der Waals surface area contributed by atoms with Crippen LogP contribution in [0.5, 0.6) is 0 Å². The van der Waals surface area contributed by atoms with Gasteiger partial charge < -0.3 is 13.7 Å². The molecule has 13 heteroatoms. The Balaban J connectivity index is 0.000000106. The van der Waals surface area contributed by atoms with Gasteiger partial charge in [0, 0.05) is 110 Å². The van der Waals surface area contributed by atoms with E-state index < -0.39 is 0 Å². The van der Waals surface area contributed by atoms with Crippen molar-refractivity contribution in [3.05, 3.63) is 492 Å². The van der Waals surface area contributed by atoms with Gasteiger partial charge in [0.25, 0.3) is 0 Å². The lowest BCUT2D eigenvalue weighted by Gasteiger charge is -2.15. The van der Waals surface area contributed by atoms with Crippen LogP contribution >= 0.6 is 0 Å². The third kappa shape index (κ3) is 13.4. The van der Waals surface area contributed by atoms with E-state index in [-0.39, 0.29) is 0 Å². The molecule has 29 rings (SSSR count). The molecule has 29 aromatic rings. The second-order valence-electron chi connectivity index (χ2n) is 35.3. The fourth-order valence-corrected chi connectivity index (χ4v) is 21.3. The zero-order valence-electron chi connectivity index (χ0n) is 75.1. The number of hydrogen-bond acceptors (Lipinski definition) is 6. The van der Waals surface area contributed by atoms with E-state index in [2.05, 4.69) is 517 Å². The Hall–Kier alpha value is -19.0. The molecule has 0 saturated carbocycles. The second-order valence-corrected chi connectivity index (χ2v) is 35.3. The molecule has 0 radical (unpaired) electrons. The molecule has 0 bridgehead atoms. The highest BCUT2D eigenvalue weighted by molar-refractivity contribution is 6.15. The van der Waals surface area contributed by atoms with Crippen LogP contribution in [0.2, 0.25) is 0 Å². The van der Waals surface area contributed by atoms with Crippen molar-refractivity contribution >= 4 is 153 Å². The molecule has 0 unspecified atom stereocenters. The smallest absolute Gasteiger partial charge is 0.240 e. The summed E-state index contributed by atoms with van der Waals surface area (Å²) in [6.45, 7) is 0. The molecule has 0 saturated heterocycles. The lowest BCUT2D eigenvalue weighted by Crippen LogP contribution is -2.10. The van der Waals surface area contributed by atoms with Crippen molar-refractivity contribution in [1.29, 1.82) is 0 Å². The van der Waals surface area contributed by atoms with E-state index in [1.807, 2.05) is 6.20 Å². The van der Waals surface area contributed by atoms with E-state index in [1.54, 1.807) is 0 Å². The molecule has 0 N–H and O–H groups in total. The van der Waals surface area contributed by atoms with Crippen molar-refractivity contribution < 1.29 is 0 Å². The highest BCUT2D eigenvalue weighted by Gasteiger charge is 2.26. The predicted octanol–water partition coefficient (Wildman–Crippen LogP) is 31.4. The van der Waals surface area contributed by atoms with Crippen LogP contribution in [0.3, 0.4) is 0 Å². The normalized spacial score (nSPS) is 11.7. The third-order valence-electron chi connectivity index (χ3n) is 27.5. The van der Waals surface area contributed by atoms with Gasteiger partial charge >= 0.3 is 0 Å². The van der Waals surface area contributed by atoms with Gasteiger partial charge in [-0.25, -0.2) is 4.98 Å². The topological polar surface area (TPSA) is 112 Å². The van der Waals surface area contributed by atoms with Gasteiger partial charge in [0.1, 0.15) is 5.82 Å². The lowest BCUT2D eigenvalue weighted by molar-refractivity contribution is 0.893. The lowest BCUT2D eigenvalue weighted by atomic mass is 9.95. The van der Waals surface area contributed by atoms with Crippen molar-refractivity contribution in [3.8, 4) is 96.9 Å². The Morgan fingerprint density at radius 3 is 0.662 bits per heavy atom. The van der Waals surface area contributed by atoms with Crippen molar-refractivity contribution in [2.24, 2.45) is 0 Å². The minimum atomic E-state index is 0.570. The molecule has 0 spiro atoms. The first-order valence-electron chi connectivity index (χ1n) is 47.0. The molecule has 139 heavy (non-hydrogen) atoms. The Morgan fingerprint density at radius 1 is 0.137 bits per heavy atom. The fourth-order valence-electron chi connectivity index (χ4n) is 21.3. The molecule has 0 atom stereocenters. The zero-order chi connectivity index (χ0) is 91.5. The molecular weight excluding hydrogens is 1700 g/mol. The van der Waals surface area contributed by atoms with E-state index in [0.29, 0.717) is 23.7 Å². The van der Waals surface area contributed by atoms with Gasteiger partial charge in [-0.2, -0.15) is 19.9 Å². The summed E-state index contributed by atoms with van der Waals surface area (Å²) in [7, 11) is 0. The molecule has 10 aromatic heterocycles. The number of aromatic nitrogens is 13. The standard InChI is InChI=1S/C46H30N4.C45H28N6.C35H23N3/c1-3-15-31(16-4-1)33-27-34(32-17-5-2-6-18-32)29-35(28-33)40-30-45(49-41-23-11-7-19-36(41)37-20-8-12-24-42(37)49)48-46(47-40)50-43-25-13-9-21-38(43)39-22-10-14-26-44(39)50;1-7-19-37-31(13-1)32-14-2-8-20-38(32)49(37)30-27-25-29(26-28-30)43-46-44(50-39-21-9-3-15-33(39)34-16-4-10-22-40(34)50)48-45(47-43)51-41-23-11-5-17-35(41)36-18-6-12-24-42(36)51;1-5-13-32-27(9-1)28-10-2-6-14-33(28)37(32)25-19-17-24(18-20-25)31-22-21-26(23-36-31)38-34-15-7-3-11-29(34)30-12-4-8-16-35(30)38/h1-30H;1-28H;1-23H. The van der Waals surface area contributed by atoms with Crippen molar-refractivity contribution in [2.75, 3.05) is 0 Å². The Kier molecular flexibility index (Phi) is 19.0. The highest BCUT2D eigenvalue weighted by atomic mass is 15.3. The van der Waals surface area contributed by atoms with Gasteiger partial charge in [-0.05, 0) is 174 Å². The van der Waals surface area contributed by atoms with Crippen LogP contribution in [-0.4, -0.2) is 61.9 Å². The van der Waals surface area contributed by atoms with Gasteiger partial charge in [0.15, 0.2) is 5.82 Å². The molecule has 0 aliphatic carbocycles. The number of fused-ring (bicyclic) bond motifs is 21. The SMILES string of the molecule is c1ccc(-c2cc(-c3ccccc3)cc(-c3cc(-n4c5ccccc5c5ccccc54)nc(-n4c5ccccc5c5ccccc54)n3)c2)cc1.c1ccc2c(c1)c1ccccc1n2-c1ccc(-c2ccc(-n3c4ccccc4c4ccccc43)cn2)cc1.c1ccc2c(c1)c1ccccc1n2-c1ccc(-c2nc(-n3c4ccccc4c4ccccc43)nc(-n3c4ccccc4c4ccccc43)n2)cc1. The highest BCUT2D eigenvalue weighted by Crippen LogP contribution is 2.43. The minimum absolute atomic E-state index is 0.570. The van der Waals surface area contributed by atoms with Crippen LogP contribution in [-0.2, 0) is 0 Å². The van der Waals surface area contributed by atoms with Crippen LogP contribution in [0.15, 0.2) is 492 Å². The maximum absolute atomic E-state index is 5.42. The second kappa shape index (κ2) is 33.0. The summed E-state index contributed by atoms with van der Waals surface area (Å²) >= 11 is 0. The monoisotopic (exact) mass is 1780 g/mol. The van der Waals surface area contributed by atoms with Crippen LogP contribution in [0.1, 0.15) is 0 Å². The quantitative estimate of drug-likeness (QED) is 0.120. The van der Waals surface area contributed by atoms with Gasteiger partial charge in [-0.15, -0.1) is 0 Å². The number of hydrogen-bond donors (Lipinski definition) is 0. The maximum Gasteiger partial charge on any atom is 0.240 e. The van der Waals surface area contributed by atoms with Crippen molar-refractivity contribution in [1.82, 2.24) is 61.9 Å². The Bertz CT molecular complexity index is 9050. The first-order chi connectivity index (χ1) is 69.0. The molecule has 19 aromatic carbocycles. The predicted molar refractivity (Wildman–Crippen MR) is 574 cm³/mol. The largest absolute Gasteiger partial charge is 0.309 e. The van der Waals surface area contributed by atoms with Crippen molar-refractivity contribution in [2.45, 2.75) is 0 Å². The number of pyridine rings is 1. The van der Waals surface area contributed by atoms with Crippen molar-refractivity contribution in [3.63, 3.8) is 0 Å². The van der Waals surface area contributed by atoms with E-state index in [9.17, 15) is 0 Å². The average Bonchev–Trinajstić information content (AvgIpc) is 1.59. The summed E-state index contributed by atoms with van der Waals surface area (Å²) in [5, 5.41) is 16.9. The maximum atomic E-state index is 5.42. The molecule has 10 heterocycles. The fraction of sp³-hybridized carbons (Fsp3) is 0. The van der Waals surface area contributed by atoms with Gasteiger partial charge in [0.2, 0.25) is 17.8 Å². The summed E-state index contributed by atoms with van der Waals surface area (Å²) in [6, 6.07) is 171. The summed E-state index contributed by atoms with van der Waals surface area (Å²) < 4.78 is 15.8. The molecular formula is C126H81N13. The summed E-state index contributed by atoms with van der Waals surface area (Å²) in [5.74, 6) is 3.19. The molecule has 650 valence electrons.